The highest BCUT2D eigenvalue weighted by atomic mass is 35.5. The normalized spacial score (nSPS) is 19.6. The molecule has 0 aliphatic carbocycles. The van der Waals surface area contributed by atoms with Crippen molar-refractivity contribution in [2.24, 2.45) is 0 Å². The number of thiocarbonyl (C=S) groups is 1. The van der Waals surface area contributed by atoms with Crippen LogP contribution in [0.3, 0.4) is 0 Å². The summed E-state index contributed by atoms with van der Waals surface area (Å²) in [7, 11) is 0. The van der Waals surface area contributed by atoms with Gasteiger partial charge in [-0.05, 0) is 61.6 Å². The Labute approximate surface area is 163 Å². The van der Waals surface area contributed by atoms with Gasteiger partial charge in [-0.2, -0.15) is 0 Å². The highest BCUT2D eigenvalue weighted by Crippen LogP contribution is 2.39. The SMILES string of the molecule is CCN1C(=S)N[C@H](c2ccccn2)[C@H]1c1cccn1-c1cccc(Cl)c1. The lowest BCUT2D eigenvalue weighted by molar-refractivity contribution is 0.321. The molecular weight excluding hydrogens is 364 g/mol. The lowest BCUT2D eigenvalue weighted by atomic mass is 10.0. The topological polar surface area (TPSA) is 33.1 Å². The van der Waals surface area contributed by atoms with Gasteiger partial charge in [0.1, 0.15) is 0 Å². The van der Waals surface area contributed by atoms with E-state index >= 15 is 0 Å². The Balaban J connectivity index is 1.82. The van der Waals surface area contributed by atoms with Crippen molar-refractivity contribution < 1.29 is 0 Å². The summed E-state index contributed by atoms with van der Waals surface area (Å²) in [6.07, 6.45) is 3.88. The molecule has 0 radical (unpaired) electrons. The van der Waals surface area contributed by atoms with Gasteiger partial charge in [0, 0.05) is 35.3 Å². The van der Waals surface area contributed by atoms with Crippen molar-refractivity contribution in [2.45, 2.75) is 19.0 Å². The van der Waals surface area contributed by atoms with E-state index in [9.17, 15) is 0 Å². The molecule has 1 saturated heterocycles. The van der Waals surface area contributed by atoms with E-state index in [1.165, 1.54) is 0 Å². The highest BCUT2D eigenvalue weighted by molar-refractivity contribution is 7.80. The van der Waals surface area contributed by atoms with Crippen molar-refractivity contribution in [1.29, 1.82) is 0 Å². The second-order valence-corrected chi connectivity index (χ2v) is 7.02. The molecule has 3 aromatic rings. The van der Waals surface area contributed by atoms with Crippen molar-refractivity contribution in [3.63, 3.8) is 0 Å². The monoisotopic (exact) mass is 382 g/mol. The molecule has 1 N–H and O–H groups in total. The summed E-state index contributed by atoms with van der Waals surface area (Å²) in [6, 6.07) is 18.1. The predicted molar refractivity (Wildman–Crippen MR) is 109 cm³/mol. The number of likely N-dealkylation sites (N-methyl/N-ethyl adjacent to an activating group) is 1. The summed E-state index contributed by atoms with van der Waals surface area (Å²) < 4.78 is 2.17. The van der Waals surface area contributed by atoms with Crippen LogP contribution in [-0.4, -0.2) is 26.1 Å². The van der Waals surface area contributed by atoms with Gasteiger partial charge in [-0.25, -0.2) is 0 Å². The second-order valence-electron chi connectivity index (χ2n) is 6.20. The number of benzene rings is 1. The average Bonchev–Trinajstić information content (AvgIpc) is 3.26. The second kappa shape index (κ2) is 7.09. The van der Waals surface area contributed by atoms with E-state index in [0.29, 0.717) is 0 Å². The minimum Gasteiger partial charge on any atom is -0.352 e. The van der Waals surface area contributed by atoms with Gasteiger partial charge in [-0.15, -0.1) is 0 Å². The van der Waals surface area contributed by atoms with Crippen LogP contribution in [0.4, 0.5) is 0 Å². The zero-order valence-electron chi connectivity index (χ0n) is 14.3. The minimum atomic E-state index is -0.00326. The first-order valence-corrected chi connectivity index (χ1v) is 9.39. The Morgan fingerprint density at radius 1 is 1.15 bits per heavy atom. The van der Waals surface area contributed by atoms with Gasteiger partial charge >= 0.3 is 0 Å². The average molecular weight is 383 g/mol. The fraction of sp³-hybridized carbons (Fsp3) is 0.200. The molecule has 6 heteroatoms. The Bertz CT molecular complexity index is 924. The number of hydrogen-bond donors (Lipinski definition) is 1. The van der Waals surface area contributed by atoms with Crippen LogP contribution in [0.2, 0.25) is 5.02 Å². The Morgan fingerprint density at radius 3 is 2.77 bits per heavy atom. The van der Waals surface area contributed by atoms with E-state index in [2.05, 4.69) is 51.1 Å². The number of hydrogen-bond acceptors (Lipinski definition) is 2. The number of rotatable bonds is 4. The van der Waals surface area contributed by atoms with Gasteiger partial charge in [0.15, 0.2) is 5.11 Å². The maximum absolute atomic E-state index is 6.21. The maximum atomic E-state index is 6.21. The van der Waals surface area contributed by atoms with Gasteiger partial charge in [-0.3, -0.25) is 4.98 Å². The Hall–Kier alpha value is -2.37. The number of pyridine rings is 1. The van der Waals surface area contributed by atoms with Crippen molar-refractivity contribution in [1.82, 2.24) is 19.8 Å². The molecule has 2 aromatic heterocycles. The zero-order chi connectivity index (χ0) is 18.1. The van der Waals surface area contributed by atoms with Gasteiger partial charge in [-0.1, -0.05) is 23.7 Å². The van der Waals surface area contributed by atoms with Crippen molar-refractivity contribution in [3.8, 4) is 5.69 Å². The smallest absolute Gasteiger partial charge is 0.170 e. The molecule has 0 amide bonds. The van der Waals surface area contributed by atoms with E-state index in [4.69, 9.17) is 23.8 Å². The molecule has 0 unspecified atom stereocenters. The van der Waals surface area contributed by atoms with Crippen LogP contribution in [0, 0.1) is 0 Å². The molecule has 1 fully saturated rings. The molecule has 132 valence electrons. The minimum absolute atomic E-state index is 0.00326. The summed E-state index contributed by atoms with van der Waals surface area (Å²) >= 11 is 11.8. The number of nitrogens with zero attached hydrogens (tertiary/aromatic N) is 3. The summed E-state index contributed by atoms with van der Waals surface area (Å²) in [5.41, 5.74) is 3.16. The Morgan fingerprint density at radius 2 is 2.04 bits per heavy atom. The third-order valence-electron chi connectivity index (χ3n) is 4.71. The molecule has 0 saturated carbocycles. The van der Waals surface area contributed by atoms with Crippen molar-refractivity contribution >= 4 is 28.9 Å². The van der Waals surface area contributed by atoms with Crippen molar-refractivity contribution in [3.05, 3.63) is 83.4 Å². The predicted octanol–water partition coefficient (Wildman–Crippen LogP) is 4.52. The first kappa shape index (κ1) is 17.1. The van der Waals surface area contributed by atoms with Gasteiger partial charge in [0.25, 0.3) is 0 Å². The molecule has 0 spiro atoms. The van der Waals surface area contributed by atoms with Crippen LogP contribution >= 0.6 is 23.8 Å². The number of nitrogens with one attached hydrogen (secondary N) is 1. The number of halogens is 1. The van der Waals surface area contributed by atoms with Crippen LogP contribution < -0.4 is 5.32 Å². The molecule has 4 rings (SSSR count). The number of aromatic nitrogens is 2. The lowest BCUT2D eigenvalue weighted by Crippen LogP contribution is -2.30. The molecule has 3 heterocycles. The van der Waals surface area contributed by atoms with Crippen LogP contribution in [0.5, 0.6) is 0 Å². The molecule has 1 aromatic carbocycles. The third-order valence-corrected chi connectivity index (χ3v) is 5.30. The summed E-state index contributed by atoms with van der Waals surface area (Å²) in [4.78, 5) is 6.77. The van der Waals surface area contributed by atoms with Crippen LogP contribution in [0.25, 0.3) is 5.69 Å². The first-order chi connectivity index (χ1) is 12.7. The van der Waals surface area contributed by atoms with E-state index in [1.54, 1.807) is 0 Å². The fourth-order valence-electron chi connectivity index (χ4n) is 3.56. The first-order valence-electron chi connectivity index (χ1n) is 8.60. The van der Waals surface area contributed by atoms with E-state index in [0.717, 1.165) is 33.8 Å². The molecule has 0 bridgehead atoms. The van der Waals surface area contributed by atoms with Crippen molar-refractivity contribution in [2.75, 3.05) is 6.54 Å². The summed E-state index contributed by atoms with van der Waals surface area (Å²) in [5.74, 6) is 0. The molecule has 2 atom stereocenters. The zero-order valence-corrected chi connectivity index (χ0v) is 15.9. The quantitative estimate of drug-likeness (QED) is 0.672. The Kier molecular flexibility index (Phi) is 4.66. The standard InChI is InChI=1S/C20H19ClN4S/c1-2-24-19(18(23-20(24)26)16-9-3-4-11-22-16)17-10-6-12-25(17)15-8-5-7-14(21)13-15/h3-13,18-19H,2H2,1H3,(H,23,26)/t18-,19-/m1/s1. The van der Waals surface area contributed by atoms with Crippen LogP contribution in [0.1, 0.15) is 30.4 Å². The molecular formula is C20H19ClN4S. The molecule has 1 aliphatic heterocycles. The largest absolute Gasteiger partial charge is 0.352 e. The molecule has 4 nitrogen and oxygen atoms in total. The van der Waals surface area contributed by atoms with Crippen LogP contribution in [0.15, 0.2) is 67.0 Å². The van der Waals surface area contributed by atoms with E-state index in [-0.39, 0.29) is 12.1 Å². The maximum Gasteiger partial charge on any atom is 0.170 e. The summed E-state index contributed by atoms with van der Waals surface area (Å²) in [5, 5.41) is 4.93. The van der Waals surface area contributed by atoms with E-state index in [1.807, 2.05) is 42.6 Å². The van der Waals surface area contributed by atoms with Gasteiger partial charge in [0.05, 0.1) is 17.8 Å². The molecule has 1 aliphatic rings. The van der Waals surface area contributed by atoms with Gasteiger partial charge < -0.3 is 14.8 Å². The highest BCUT2D eigenvalue weighted by Gasteiger charge is 2.40. The fourth-order valence-corrected chi connectivity index (χ4v) is 4.12. The molecule has 26 heavy (non-hydrogen) atoms. The van der Waals surface area contributed by atoms with Crippen LogP contribution in [-0.2, 0) is 0 Å². The van der Waals surface area contributed by atoms with E-state index < -0.39 is 0 Å². The lowest BCUT2D eigenvalue weighted by Gasteiger charge is -2.28. The summed E-state index contributed by atoms with van der Waals surface area (Å²) in [6.45, 7) is 2.94. The third kappa shape index (κ3) is 2.97. The van der Waals surface area contributed by atoms with Gasteiger partial charge in [0.2, 0.25) is 0 Å².